The van der Waals surface area contributed by atoms with Gasteiger partial charge in [0.05, 0.1) is 0 Å². The van der Waals surface area contributed by atoms with E-state index in [9.17, 15) is 4.79 Å². The van der Waals surface area contributed by atoms with Crippen molar-refractivity contribution < 1.29 is 4.79 Å². The Kier molecular flexibility index (Phi) is 2.90. The molecule has 0 spiro atoms. The normalized spacial score (nSPS) is 13.2. The van der Waals surface area contributed by atoms with Gasteiger partial charge in [0.15, 0.2) is 0 Å². The van der Waals surface area contributed by atoms with Crippen LogP contribution in [0.2, 0.25) is 0 Å². The standard InChI is InChI=1S/C9H10N2O.ClH/c10-9(12)7-3-1-2-6-4-11-5-8(6)7;/h1-3,11H,4-5H2,(H2,10,12);1H. The SMILES string of the molecule is Cl.NC(=O)c1cccc2c1CNC2. The summed E-state index contributed by atoms with van der Waals surface area (Å²) in [5, 5.41) is 3.18. The zero-order valence-electron chi connectivity index (χ0n) is 7.04. The van der Waals surface area contributed by atoms with Crippen LogP contribution in [-0.2, 0) is 13.1 Å². The number of primary amides is 1. The summed E-state index contributed by atoms with van der Waals surface area (Å²) in [5.74, 6) is -0.337. The van der Waals surface area contributed by atoms with Crippen molar-refractivity contribution in [3.05, 3.63) is 34.9 Å². The maximum Gasteiger partial charge on any atom is 0.249 e. The Hall–Kier alpha value is -1.06. The third-order valence-electron chi connectivity index (χ3n) is 2.16. The Labute approximate surface area is 82.7 Å². The molecule has 0 atom stereocenters. The molecular formula is C9H11ClN2O. The molecule has 3 N–H and O–H groups in total. The zero-order valence-corrected chi connectivity index (χ0v) is 7.86. The van der Waals surface area contributed by atoms with Crippen LogP contribution in [0.5, 0.6) is 0 Å². The fourth-order valence-corrected chi connectivity index (χ4v) is 1.56. The number of halogens is 1. The molecule has 3 nitrogen and oxygen atoms in total. The van der Waals surface area contributed by atoms with Crippen LogP contribution in [0.4, 0.5) is 0 Å². The van der Waals surface area contributed by atoms with Crippen LogP contribution >= 0.6 is 12.4 Å². The van der Waals surface area contributed by atoms with Gasteiger partial charge in [0.1, 0.15) is 0 Å². The predicted molar refractivity (Wildman–Crippen MR) is 52.8 cm³/mol. The molecule has 70 valence electrons. The minimum absolute atomic E-state index is 0. The maximum absolute atomic E-state index is 11.0. The van der Waals surface area contributed by atoms with Crippen molar-refractivity contribution >= 4 is 18.3 Å². The van der Waals surface area contributed by atoms with Gasteiger partial charge in [0, 0.05) is 18.7 Å². The van der Waals surface area contributed by atoms with E-state index in [1.54, 1.807) is 6.07 Å². The fourth-order valence-electron chi connectivity index (χ4n) is 1.56. The third-order valence-corrected chi connectivity index (χ3v) is 2.16. The van der Waals surface area contributed by atoms with E-state index in [4.69, 9.17) is 5.73 Å². The van der Waals surface area contributed by atoms with Gasteiger partial charge in [0.2, 0.25) is 5.91 Å². The van der Waals surface area contributed by atoms with Gasteiger partial charge in [-0.3, -0.25) is 4.79 Å². The Bertz CT molecular complexity index is 338. The lowest BCUT2D eigenvalue weighted by atomic mass is 10.0. The molecule has 0 fully saturated rings. The van der Waals surface area contributed by atoms with E-state index in [0.717, 1.165) is 18.7 Å². The fraction of sp³-hybridized carbons (Fsp3) is 0.222. The number of hydrogen-bond acceptors (Lipinski definition) is 2. The van der Waals surface area contributed by atoms with Crippen molar-refractivity contribution in [3.8, 4) is 0 Å². The lowest BCUT2D eigenvalue weighted by molar-refractivity contribution is 0.0999. The number of benzene rings is 1. The molecule has 1 aromatic rings. The summed E-state index contributed by atoms with van der Waals surface area (Å²) in [4.78, 5) is 11.0. The van der Waals surface area contributed by atoms with E-state index < -0.39 is 0 Å². The number of rotatable bonds is 1. The van der Waals surface area contributed by atoms with E-state index in [-0.39, 0.29) is 18.3 Å². The summed E-state index contributed by atoms with van der Waals surface area (Å²) in [6.07, 6.45) is 0. The average Bonchev–Trinajstić information content (AvgIpc) is 2.49. The highest BCUT2D eigenvalue weighted by Gasteiger charge is 2.15. The van der Waals surface area contributed by atoms with E-state index in [0.29, 0.717) is 5.56 Å². The summed E-state index contributed by atoms with van der Waals surface area (Å²) in [6.45, 7) is 1.60. The molecule has 0 bridgehead atoms. The van der Waals surface area contributed by atoms with Gasteiger partial charge < -0.3 is 11.1 Å². The Morgan fingerprint density at radius 1 is 1.38 bits per heavy atom. The molecule has 1 aliphatic heterocycles. The molecule has 1 aromatic carbocycles. The number of fused-ring (bicyclic) bond motifs is 1. The van der Waals surface area contributed by atoms with Gasteiger partial charge in [-0.2, -0.15) is 0 Å². The molecule has 0 radical (unpaired) electrons. The van der Waals surface area contributed by atoms with Crippen LogP contribution in [0.25, 0.3) is 0 Å². The Balaban J connectivity index is 0.000000845. The van der Waals surface area contributed by atoms with Crippen LogP contribution in [-0.4, -0.2) is 5.91 Å². The first-order chi connectivity index (χ1) is 5.79. The quantitative estimate of drug-likeness (QED) is 0.702. The molecule has 1 amide bonds. The highest BCUT2D eigenvalue weighted by atomic mass is 35.5. The molecule has 0 saturated carbocycles. The molecule has 4 heteroatoms. The molecule has 13 heavy (non-hydrogen) atoms. The number of carbonyl (C=O) groups is 1. The van der Waals surface area contributed by atoms with Crippen molar-refractivity contribution in [2.45, 2.75) is 13.1 Å². The van der Waals surface area contributed by atoms with Crippen LogP contribution in [0.1, 0.15) is 21.5 Å². The van der Waals surface area contributed by atoms with E-state index in [1.807, 2.05) is 12.1 Å². The molecule has 2 rings (SSSR count). The molecule has 0 unspecified atom stereocenters. The second-order valence-corrected chi connectivity index (χ2v) is 2.91. The van der Waals surface area contributed by atoms with Gasteiger partial charge in [-0.1, -0.05) is 12.1 Å². The summed E-state index contributed by atoms with van der Waals surface area (Å²) < 4.78 is 0. The predicted octanol–water partition coefficient (Wildman–Crippen LogP) is 0.811. The smallest absolute Gasteiger partial charge is 0.249 e. The minimum atomic E-state index is -0.337. The van der Waals surface area contributed by atoms with Crippen molar-refractivity contribution in [1.82, 2.24) is 5.32 Å². The number of nitrogens with two attached hydrogens (primary N) is 1. The number of nitrogens with one attached hydrogen (secondary N) is 1. The largest absolute Gasteiger partial charge is 0.366 e. The zero-order chi connectivity index (χ0) is 8.55. The van der Waals surface area contributed by atoms with Gasteiger partial charge in [0.25, 0.3) is 0 Å². The second kappa shape index (κ2) is 3.77. The van der Waals surface area contributed by atoms with Gasteiger partial charge in [-0.15, -0.1) is 12.4 Å². The number of hydrogen-bond donors (Lipinski definition) is 2. The molecular weight excluding hydrogens is 188 g/mol. The van der Waals surface area contributed by atoms with Crippen LogP contribution in [0.15, 0.2) is 18.2 Å². The Morgan fingerprint density at radius 2 is 2.15 bits per heavy atom. The average molecular weight is 199 g/mol. The van der Waals surface area contributed by atoms with Crippen molar-refractivity contribution in [2.75, 3.05) is 0 Å². The van der Waals surface area contributed by atoms with Crippen molar-refractivity contribution in [3.63, 3.8) is 0 Å². The van der Waals surface area contributed by atoms with E-state index >= 15 is 0 Å². The van der Waals surface area contributed by atoms with E-state index in [2.05, 4.69) is 5.32 Å². The van der Waals surface area contributed by atoms with Crippen LogP contribution < -0.4 is 11.1 Å². The molecule has 1 aliphatic rings. The maximum atomic E-state index is 11.0. The molecule has 0 saturated heterocycles. The number of carbonyl (C=O) groups excluding carboxylic acids is 1. The van der Waals surface area contributed by atoms with Crippen LogP contribution in [0, 0.1) is 0 Å². The topological polar surface area (TPSA) is 55.1 Å². The first-order valence-corrected chi connectivity index (χ1v) is 3.90. The van der Waals surface area contributed by atoms with Crippen molar-refractivity contribution in [1.29, 1.82) is 0 Å². The van der Waals surface area contributed by atoms with Crippen molar-refractivity contribution in [2.24, 2.45) is 5.73 Å². The summed E-state index contributed by atoms with van der Waals surface area (Å²) >= 11 is 0. The van der Waals surface area contributed by atoms with Gasteiger partial charge in [-0.25, -0.2) is 0 Å². The second-order valence-electron chi connectivity index (χ2n) is 2.91. The van der Waals surface area contributed by atoms with Gasteiger partial charge in [-0.05, 0) is 17.2 Å². The monoisotopic (exact) mass is 198 g/mol. The first-order valence-electron chi connectivity index (χ1n) is 3.90. The summed E-state index contributed by atoms with van der Waals surface area (Å²) in [7, 11) is 0. The minimum Gasteiger partial charge on any atom is -0.366 e. The Morgan fingerprint density at radius 3 is 2.85 bits per heavy atom. The van der Waals surface area contributed by atoms with E-state index in [1.165, 1.54) is 5.56 Å². The van der Waals surface area contributed by atoms with Gasteiger partial charge >= 0.3 is 0 Å². The first kappa shape index (κ1) is 10.0. The molecule has 1 heterocycles. The molecule has 0 aromatic heterocycles. The third kappa shape index (κ3) is 1.66. The highest BCUT2D eigenvalue weighted by Crippen LogP contribution is 2.18. The highest BCUT2D eigenvalue weighted by molar-refractivity contribution is 5.94. The molecule has 0 aliphatic carbocycles. The summed E-state index contributed by atoms with van der Waals surface area (Å²) in [6, 6.07) is 5.65. The summed E-state index contributed by atoms with van der Waals surface area (Å²) in [5.41, 5.74) is 8.12. The lowest BCUT2D eigenvalue weighted by Crippen LogP contribution is -2.14. The number of amides is 1. The lowest BCUT2D eigenvalue weighted by Gasteiger charge is -2.02. The van der Waals surface area contributed by atoms with Crippen LogP contribution in [0.3, 0.4) is 0 Å².